The molecule has 2 atom stereocenters. The van der Waals surface area contributed by atoms with Crippen LogP contribution in [0.3, 0.4) is 0 Å². The Morgan fingerprint density at radius 3 is 3.13 bits per heavy atom. The highest BCUT2D eigenvalue weighted by Crippen LogP contribution is 2.28. The van der Waals surface area contributed by atoms with Gasteiger partial charge < -0.3 is 9.84 Å². The number of pyridine rings is 1. The van der Waals surface area contributed by atoms with Gasteiger partial charge in [-0.15, -0.1) is 0 Å². The number of hydrogen-bond acceptors (Lipinski definition) is 3. The van der Waals surface area contributed by atoms with E-state index < -0.39 is 11.9 Å². The Bertz CT molecular complexity index is 326. The van der Waals surface area contributed by atoms with Gasteiger partial charge in [0.1, 0.15) is 17.6 Å². The lowest BCUT2D eigenvalue weighted by atomic mass is 9.93. The molecule has 0 radical (unpaired) electrons. The van der Waals surface area contributed by atoms with E-state index in [0.717, 1.165) is 19.4 Å². The Morgan fingerprint density at radius 2 is 2.47 bits per heavy atom. The molecule has 1 aliphatic rings. The first kappa shape index (κ1) is 10.5. The van der Waals surface area contributed by atoms with E-state index >= 15 is 0 Å². The highest BCUT2D eigenvalue weighted by molar-refractivity contribution is 5.10. The van der Waals surface area contributed by atoms with Gasteiger partial charge in [-0.1, -0.05) is 0 Å². The summed E-state index contributed by atoms with van der Waals surface area (Å²) in [5.74, 6) is -0.487. The van der Waals surface area contributed by atoms with Gasteiger partial charge in [-0.05, 0) is 25.0 Å². The summed E-state index contributed by atoms with van der Waals surface area (Å²) in [5, 5.41) is 9.94. The van der Waals surface area contributed by atoms with Crippen molar-refractivity contribution in [1.29, 1.82) is 0 Å². The van der Waals surface area contributed by atoms with Crippen LogP contribution in [-0.2, 0) is 4.74 Å². The molecular formula is C11H14FNO2. The van der Waals surface area contributed by atoms with Crippen molar-refractivity contribution in [2.75, 3.05) is 13.2 Å². The summed E-state index contributed by atoms with van der Waals surface area (Å²) in [7, 11) is 0. The van der Waals surface area contributed by atoms with Crippen molar-refractivity contribution in [2.24, 2.45) is 5.92 Å². The molecule has 15 heavy (non-hydrogen) atoms. The first-order chi connectivity index (χ1) is 7.29. The Kier molecular flexibility index (Phi) is 3.28. The smallest absolute Gasteiger partial charge is 0.147 e. The molecule has 0 saturated carbocycles. The quantitative estimate of drug-likeness (QED) is 0.809. The zero-order valence-electron chi connectivity index (χ0n) is 8.40. The second-order valence-corrected chi connectivity index (χ2v) is 3.79. The molecule has 2 heterocycles. The molecule has 1 N–H and O–H groups in total. The van der Waals surface area contributed by atoms with Gasteiger partial charge in [-0.25, -0.2) is 4.39 Å². The van der Waals surface area contributed by atoms with Crippen molar-refractivity contribution in [3.63, 3.8) is 0 Å². The number of ether oxygens (including phenoxy) is 1. The molecule has 0 aromatic carbocycles. The van der Waals surface area contributed by atoms with E-state index in [9.17, 15) is 9.50 Å². The van der Waals surface area contributed by atoms with Crippen molar-refractivity contribution in [3.05, 3.63) is 29.8 Å². The van der Waals surface area contributed by atoms with E-state index in [1.165, 1.54) is 18.3 Å². The van der Waals surface area contributed by atoms with E-state index in [4.69, 9.17) is 4.74 Å². The second-order valence-electron chi connectivity index (χ2n) is 3.79. The highest BCUT2D eigenvalue weighted by atomic mass is 19.1. The lowest BCUT2D eigenvalue weighted by molar-refractivity contribution is -0.0129. The minimum absolute atomic E-state index is 0.0388. The normalized spacial score (nSPS) is 23.7. The number of rotatable bonds is 2. The lowest BCUT2D eigenvalue weighted by Crippen LogP contribution is -2.24. The van der Waals surface area contributed by atoms with Crippen LogP contribution in [0.4, 0.5) is 4.39 Å². The molecule has 1 fully saturated rings. The van der Waals surface area contributed by atoms with E-state index in [-0.39, 0.29) is 11.6 Å². The lowest BCUT2D eigenvalue weighted by Gasteiger charge is -2.26. The van der Waals surface area contributed by atoms with Crippen LogP contribution in [0.2, 0.25) is 0 Å². The standard InChI is InChI=1S/C11H14FNO2/c12-9-4-1-5-13-10(9)11(14)8-3-2-6-15-7-8/h1,4-5,8,11,14H,2-3,6-7H2. The van der Waals surface area contributed by atoms with Crippen LogP contribution in [-0.4, -0.2) is 23.3 Å². The van der Waals surface area contributed by atoms with E-state index in [1.54, 1.807) is 0 Å². The average Bonchev–Trinajstić information content (AvgIpc) is 2.30. The van der Waals surface area contributed by atoms with Crippen molar-refractivity contribution in [1.82, 2.24) is 4.98 Å². The molecule has 1 aromatic rings. The number of nitrogens with zero attached hydrogens (tertiary/aromatic N) is 1. The maximum atomic E-state index is 13.3. The van der Waals surface area contributed by atoms with Gasteiger partial charge in [0.25, 0.3) is 0 Å². The Labute approximate surface area is 87.9 Å². The van der Waals surface area contributed by atoms with Crippen molar-refractivity contribution in [2.45, 2.75) is 18.9 Å². The monoisotopic (exact) mass is 211 g/mol. The molecule has 0 bridgehead atoms. The molecule has 0 aliphatic carbocycles. The zero-order valence-corrected chi connectivity index (χ0v) is 8.40. The summed E-state index contributed by atoms with van der Waals surface area (Å²) < 4.78 is 18.6. The largest absolute Gasteiger partial charge is 0.386 e. The van der Waals surface area contributed by atoms with E-state index in [2.05, 4.69) is 4.98 Å². The summed E-state index contributed by atoms with van der Waals surface area (Å²) in [6.07, 6.45) is 2.41. The van der Waals surface area contributed by atoms with E-state index in [1.807, 2.05) is 0 Å². The molecule has 1 aliphatic heterocycles. The molecular weight excluding hydrogens is 197 g/mol. The van der Waals surface area contributed by atoms with Gasteiger partial charge >= 0.3 is 0 Å². The minimum Gasteiger partial charge on any atom is -0.386 e. The fourth-order valence-electron chi connectivity index (χ4n) is 1.85. The van der Waals surface area contributed by atoms with E-state index in [0.29, 0.717) is 6.61 Å². The number of aliphatic hydroxyl groups excluding tert-OH is 1. The molecule has 2 rings (SSSR count). The molecule has 0 amide bonds. The van der Waals surface area contributed by atoms with Gasteiger partial charge in [0.2, 0.25) is 0 Å². The van der Waals surface area contributed by atoms with Crippen molar-refractivity contribution < 1.29 is 14.2 Å². The minimum atomic E-state index is -0.855. The first-order valence-electron chi connectivity index (χ1n) is 5.15. The van der Waals surface area contributed by atoms with Crippen molar-refractivity contribution >= 4 is 0 Å². The molecule has 4 heteroatoms. The van der Waals surface area contributed by atoms with Crippen LogP contribution in [0.5, 0.6) is 0 Å². The Balaban J connectivity index is 2.12. The Morgan fingerprint density at radius 1 is 1.60 bits per heavy atom. The predicted octanol–water partition coefficient (Wildman–Crippen LogP) is 1.68. The predicted molar refractivity (Wildman–Crippen MR) is 52.7 cm³/mol. The van der Waals surface area contributed by atoms with Crippen LogP contribution in [0.25, 0.3) is 0 Å². The third-order valence-corrected chi connectivity index (χ3v) is 2.71. The third kappa shape index (κ3) is 2.33. The summed E-state index contributed by atoms with van der Waals surface area (Å²) in [5.41, 5.74) is 0.132. The topological polar surface area (TPSA) is 42.4 Å². The van der Waals surface area contributed by atoms with Crippen molar-refractivity contribution in [3.8, 4) is 0 Å². The zero-order chi connectivity index (χ0) is 10.7. The maximum absolute atomic E-state index is 13.3. The molecule has 0 spiro atoms. The van der Waals surface area contributed by atoms with Crippen LogP contribution in [0.15, 0.2) is 18.3 Å². The average molecular weight is 211 g/mol. The second kappa shape index (κ2) is 4.68. The fraction of sp³-hybridized carbons (Fsp3) is 0.545. The van der Waals surface area contributed by atoms with Gasteiger partial charge in [0.05, 0.1) is 6.61 Å². The number of aliphatic hydroxyl groups is 1. The summed E-state index contributed by atoms with van der Waals surface area (Å²) in [4.78, 5) is 3.87. The number of hydrogen-bond donors (Lipinski definition) is 1. The summed E-state index contributed by atoms with van der Waals surface area (Å²) >= 11 is 0. The highest BCUT2D eigenvalue weighted by Gasteiger charge is 2.26. The maximum Gasteiger partial charge on any atom is 0.147 e. The fourth-order valence-corrected chi connectivity index (χ4v) is 1.85. The van der Waals surface area contributed by atoms with Gasteiger partial charge in [-0.2, -0.15) is 0 Å². The van der Waals surface area contributed by atoms with Gasteiger partial charge in [-0.3, -0.25) is 4.98 Å². The number of halogens is 1. The van der Waals surface area contributed by atoms with Crippen LogP contribution in [0.1, 0.15) is 24.6 Å². The van der Waals surface area contributed by atoms with Crippen LogP contribution >= 0.6 is 0 Å². The molecule has 1 aromatic heterocycles. The molecule has 82 valence electrons. The Hall–Kier alpha value is -1.00. The third-order valence-electron chi connectivity index (χ3n) is 2.71. The molecule has 2 unspecified atom stereocenters. The van der Waals surface area contributed by atoms with Crippen LogP contribution in [0, 0.1) is 11.7 Å². The summed E-state index contributed by atoms with van der Waals surface area (Å²) in [6.45, 7) is 1.21. The van der Waals surface area contributed by atoms with Gasteiger partial charge in [0.15, 0.2) is 0 Å². The first-order valence-corrected chi connectivity index (χ1v) is 5.15. The van der Waals surface area contributed by atoms with Crippen LogP contribution < -0.4 is 0 Å². The van der Waals surface area contributed by atoms with Gasteiger partial charge in [0, 0.05) is 18.7 Å². The summed E-state index contributed by atoms with van der Waals surface area (Å²) in [6, 6.07) is 2.83. The molecule has 1 saturated heterocycles. The molecule has 3 nitrogen and oxygen atoms in total. The number of aromatic nitrogens is 1. The SMILES string of the molecule is OC(c1ncccc1F)C1CCCOC1.